The van der Waals surface area contributed by atoms with Gasteiger partial charge in [-0.1, -0.05) is 5.92 Å². The third kappa shape index (κ3) is 2.36. The molecule has 1 rings (SSSR count). The molecule has 0 spiro atoms. The van der Waals surface area contributed by atoms with Gasteiger partial charge in [-0.05, 0) is 20.8 Å². The standard InChI is InChI=1S/C11H17N3/c1-6-11(3,4)13-9(2)10-12-7-8-14(10)5/h1,7-9,13H,2-5H3. The van der Waals surface area contributed by atoms with Crippen LogP contribution in [-0.2, 0) is 7.05 Å². The molecule has 1 aromatic rings. The number of rotatable bonds is 3. The molecule has 1 atom stereocenters. The lowest BCUT2D eigenvalue weighted by atomic mass is 10.1. The van der Waals surface area contributed by atoms with Crippen LogP contribution in [0.4, 0.5) is 0 Å². The van der Waals surface area contributed by atoms with Gasteiger partial charge >= 0.3 is 0 Å². The minimum atomic E-state index is -0.300. The van der Waals surface area contributed by atoms with Gasteiger partial charge in [0.15, 0.2) is 0 Å². The van der Waals surface area contributed by atoms with Crippen molar-refractivity contribution in [2.45, 2.75) is 32.4 Å². The number of nitrogens with one attached hydrogen (secondary N) is 1. The molecule has 1 aromatic heterocycles. The molecule has 0 amide bonds. The normalized spacial score (nSPS) is 13.6. The molecular weight excluding hydrogens is 174 g/mol. The van der Waals surface area contributed by atoms with Gasteiger partial charge in [0.1, 0.15) is 5.82 Å². The zero-order chi connectivity index (χ0) is 10.8. The summed E-state index contributed by atoms with van der Waals surface area (Å²) in [5.74, 6) is 3.70. The van der Waals surface area contributed by atoms with Gasteiger partial charge in [-0.25, -0.2) is 4.98 Å². The predicted molar refractivity (Wildman–Crippen MR) is 57.7 cm³/mol. The summed E-state index contributed by atoms with van der Waals surface area (Å²) in [4.78, 5) is 4.27. The molecule has 3 heteroatoms. The van der Waals surface area contributed by atoms with E-state index in [1.807, 2.05) is 31.7 Å². The first-order chi connectivity index (χ1) is 6.46. The van der Waals surface area contributed by atoms with Crippen LogP contribution in [0.3, 0.4) is 0 Å². The van der Waals surface area contributed by atoms with Crippen LogP contribution in [0.15, 0.2) is 12.4 Å². The minimum Gasteiger partial charge on any atom is -0.337 e. The van der Waals surface area contributed by atoms with Gasteiger partial charge in [0, 0.05) is 19.4 Å². The summed E-state index contributed by atoms with van der Waals surface area (Å²) in [6, 6.07) is 0.154. The number of aromatic nitrogens is 2. The van der Waals surface area contributed by atoms with E-state index in [-0.39, 0.29) is 11.6 Å². The lowest BCUT2D eigenvalue weighted by Crippen LogP contribution is -2.40. The summed E-state index contributed by atoms with van der Waals surface area (Å²) in [5, 5.41) is 3.33. The number of terminal acetylenes is 1. The van der Waals surface area contributed by atoms with Gasteiger partial charge in [0.25, 0.3) is 0 Å². The number of imidazole rings is 1. The zero-order valence-corrected chi connectivity index (χ0v) is 9.20. The van der Waals surface area contributed by atoms with Gasteiger partial charge in [-0.2, -0.15) is 0 Å². The number of hydrogen-bond donors (Lipinski definition) is 1. The van der Waals surface area contributed by atoms with Crippen molar-refractivity contribution < 1.29 is 0 Å². The Bertz CT molecular complexity index is 344. The maximum Gasteiger partial charge on any atom is 0.125 e. The number of hydrogen-bond acceptors (Lipinski definition) is 2. The molecule has 0 aliphatic carbocycles. The molecule has 14 heavy (non-hydrogen) atoms. The van der Waals surface area contributed by atoms with E-state index in [0.29, 0.717) is 0 Å². The Morgan fingerprint density at radius 1 is 1.64 bits per heavy atom. The van der Waals surface area contributed by atoms with Crippen LogP contribution in [0.1, 0.15) is 32.6 Å². The van der Waals surface area contributed by atoms with Crippen molar-refractivity contribution in [3.8, 4) is 12.3 Å². The highest BCUT2D eigenvalue weighted by atomic mass is 15.1. The second-order valence-corrected chi connectivity index (χ2v) is 4.03. The molecule has 0 saturated carbocycles. The van der Waals surface area contributed by atoms with Crippen LogP contribution in [-0.4, -0.2) is 15.1 Å². The Kier molecular flexibility index (Phi) is 2.97. The molecular formula is C11H17N3. The Morgan fingerprint density at radius 3 is 2.71 bits per heavy atom. The van der Waals surface area contributed by atoms with Crippen LogP contribution in [0.5, 0.6) is 0 Å². The summed E-state index contributed by atoms with van der Waals surface area (Å²) in [6.45, 7) is 6.01. The van der Waals surface area contributed by atoms with E-state index in [9.17, 15) is 0 Å². The number of aryl methyl sites for hydroxylation is 1. The Balaban J connectivity index is 2.74. The van der Waals surface area contributed by atoms with E-state index in [1.165, 1.54) is 0 Å². The summed E-state index contributed by atoms with van der Waals surface area (Å²) in [5.41, 5.74) is -0.300. The zero-order valence-electron chi connectivity index (χ0n) is 9.20. The maximum absolute atomic E-state index is 5.41. The Labute approximate surface area is 85.5 Å². The summed E-state index contributed by atoms with van der Waals surface area (Å²) in [7, 11) is 1.98. The first kappa shape index (κ1) is 10.8. The molecule has 0 aromatic carbocycles. The van der Waals surface area contributed by atoms with Gasteiger partial charge in [0.2, 0.25) is 0 Å². The van der Waals surface area contributed by atoms with Crippen molar-refractivity contribution in [2.24, 2.45) is 7.05 Å². The van der Waals surface area contributed by atoms with Crippen LogP contribution in [0, 0.1) is 12.3 Å². The monoisotopic (exact) mass is 191 g/mol. The molecule has 0 saturated heterocycles. The smallest absolute Gasteiger partial charge is 0.125 e. The topological polar surface area (TPSA) is 29.9 Å². The van der Waals surface area contributed by atoms with Gasteiger partial charge in [-0.15, -0.1) is 6.42 Å². The Hall–Kier alpha value is -1.27. The predicted octanol–water partition coefficient (Wildman–Crippen LogP) is 1.48. The molecule has 1 unspecified atom stereocenters. The lowest BCUT2D eigenvalue weighted by molar-refractivity contribution is 0.413. The molecule has 1 N–H and O–H groups in total. The molecule has 76 valence electrons. The van der Waals surface area contributed by atoms with Crippen molar-refractivity contribution in [2.75, 3.05) is 0 Å². The third-order valence-electron chi connectivity index (χ3n) is 2.18. The molecule has 0 radical (unpaired) electrons. The first-order valence-electron chi connectivity index (χ1n) is 4.69. The van der Waals surface area contributed by atoms with Crippen molar-refractivity contribution in [1.29, 1.82) is 0 Å². The van der Waals surface area contributed by atoms with Gasteiger partial charge in [-0.3, -0.25) is 5.32 Å². The quantitative estimate of drug-likeness (QED) is 0.733. The van der Waals surface area contributed by atoms with Crippen LogP contribution in [0.25, 0.3) is 0 Å². The van der Waals surface area contributed by atoms with Crippen molar-refractivity contribution in [3.05, 3.63) is 18.2 Å². The van der Waals surface area contributed by atoms with Gasteiger partial charge < -0.3 is 4.57 Å². The van der Waals surface area contributed by atoms with E-state index in [0.717, 1.165) is 5.82 Å². The summed E-state index contributed by atoms with van der Waals surface area (Å²) in [6.07, 6.45) is 9.12. The SMILES string of the molecule is C#CC(C)(C)NC(C)c1nccn1C. The Morgan fingerprint density at radius 2 is 2.29 bits per heavy atom. The van der Waals surface area contributed by atoms with E-state index in [2.05, 4.69) is 23.1 Å². The fourth-order valence-corrected chi connectivity index (χ4v) is 1.44. The highest BCUT2D eigenvalue weighted by Crippen LogP contribution is 2.13. The van der Waals surface area contributed by atoms with Crippen molar-refractivity contribution in [1.82, 2.24) is 14.9 Å². The highest BCUT2D eigenvalue weighted by molar-refractivity contribution is 5.10. The van der Waals surface area contributed by atoms with E-state index in [4.69, 9.17) is 6.42 Å². The molecule has 3 nitrogen and oxygen atoms in total. The minimum absolute atomic E-state index is 0.154. The van der Waals surface area contributed by atoms with E-state index < -0.39 is 0 Å². The molecule has 0 aliphatic rings. The lowest BCUT2D eigenvalue weighted by Gasteiger charge is -2.24. The molecule has 0 aliphatic heterocycles. The van der Waals surface area contributed by atoms with E-state index in [1.54, 1.807) is 6.20 Å². The average Bonchev–Trinajstić information content (AvgIpc) is 2.51. The van der Waals surface area contributed by atoms with Crippen molar-refractivity contribution in [3.63, 3.8) is 0 Å². The highest BCUT2D eigenvalue weighted by Gasteiger charge is 2.19. The second-order valence-electron chi connectivity index (χ2n) is 4.03. The molecule has 0 fully saturated rings. The van der Waals surface area contributed by atoms with Crippen LogP contribution < -0.4 is 5.32 Å². The van der Waals surface area contributed by atoms with E-state index >= 15 is 0 Å². The fourth-order valence-electron chi connectivity index (χ4n) is 1.44. The average molecular weight is 191 g/mol. The van der Waals surface area contributed by atoms with Crippen LogP contribution in [0.2, 0.25) is 0 Å². The number of nitrogens with zero attached hydrogens (tertiary/aromatic N) is 2. The third-order valence-corrected chi connectivity index (χ3v) is 2.18. The summed E-state index contributed by atoms with van der Waals surface area (Å²) < 4.78 is 1.99. The maximum atomic E-state index is 5.41. The first-order valence-corrected chi connectivity index (χ1v) is 4.69. The molecule has 0 bridgehead atoms. The fraction of sp³-hybridized carbons (Fsp3) is 0.545. The van der Waals surface area contributed by atoms with Crippen molar-refractivity contribution >= 4 is 0 Å². The molecule has 1 heterocycles. The van der Waals surface area contributed by atoms with Crippen LogP contribution >= 0.6 is 0 Å². The largest absolute Gasteiger partial charge is 0.337 e. The second kappa shape index (κ2) is 3.85. The van der Waals surface area contributed by atoms with Gasteiger partial charge in [0.05, 0.1) is 11.6 Å². The summed E-state index contributed by atoms with van der Waals surface area (Å²) >= 11 is 0.